The van der Waals surface area contributed by atoms with Crippen LogP contribution in [0.15, 0.2) is 12.7 Å². The zero-order chi connectivity index (χ0) is 10.9. The molecule has 1 spiro atoms. The van der Waals surface area contributed by atoms with Crippen LogP contribution >= 0.6 is 0 Å². The molecule has 1 saturated heterocycles. The Labute approximate surface area is 90.4 Å². The number of hydrogen-bond acceptors (Lipinski definition) is 3. The molecular formula is C12H18O3. The van der Waals surface area contributed by atoms with Crippen LogP contribution in [0.25, 0.3) is 0 Å². The van der Waals surface area contributed by atoms with E-state index in [9.17, 15) is 4.79 Å². The Bertz CT molecular complexity index is 268. The lowest BCUT2D eigenvalue weighted by Gasteiger charge is -2.50. The summed E-state index contributed by atoms with van der Waals surface area (Å²) in [6.45, 7) is 7.41. The third-order valence-electron chi connectivity index (χ3n) is 3.85. The molecular weight excluding hydrogens is 192 g/mol. The van der Waals surface area contributed by atoms with Gasteiger partial charge in [-0.2, -0.15) is 0 Å². The monoisotopic (exact) mass is 210 g/mol. The van der Waals surface area contributed by atoms with Crippen LogP contribution in [0.5, 0.6) is 0 Å². The number of hydrogen-bond donors (Lipinski definition) is 0. The molecule has 2 aliphatic rings. The maximum atomic E-state index is 11.1. The molecule has 0 amide bonds. The van der Waals surface area contributed by atoms with E-state index >= 15 is 0 Å². The average Bonchev–Trinajstić information content (AvgIpc) is 2.15. The fraction of sp³-hybridized carbons (Fsp3) is 0.750. The molecule has 15 heavy (non-hydrogen) atoms. The molecule has 2 atom stereocenters. The van der Waals surface area contributed by atoms with Crippen molar-refractivity contribution >= 4 is 5.97 Å². The molecule has 0 N–H and O–H groups in total. The Hall–Kier alpha value is -0.830. The van der Waals surface area contributed by atoms with Crippen LogP contribution < -0.4 is 0 Å². The molecule has 0 bridgehead atoms. The van der Waals surface area contributed by atoms with Crippen molar-refractivity contribution in [2.45, 2.75) is 32.3 Å². The largest absolute Gasteiger partial charge is 0.459 e. The highest BCUT2D eigenvalue weighted by Gasteiger charge is 2.47. The average molecular weight is 210 g/mol. The van der Waals surface area contributed by atoms with Gasteiger partial charge in [0.15, 0.2) is 0 Å². The highest BCUT2D eigenvalue weighted by atomic mass is 16.5. The maximum absolute atomic E-state index is 11.1. The van der Waals surface area contributed by atoms with E-state index in [1.807, 2.05) is 0 Å². The van der Waals surface area contributed by atoms with E-state index in [1.165, 1.54) is 6.08 Å². The summed E-state index contributed by atoms with van der Waals surface area (Å²) in [5.41, 5.74) is 0.386. The summed E-state index contributed by atoms with van der Waals surface area (Å²) in [4.78, 5) is 11.1. The van der Waals surface area contributed by atoms with Crippen molar-refractivity contribution < 1.29 is 14.3 Å². The van der Waals surface area contributed by atoms with Gasteiger partial charge < -0.3 is 9.47 Å². The number of rotatable bonds is 2. The van der Waals surface area contributed by atoms with E-state index in [0.717, 1.165) is 32.5 Å². The van der Waals surface area contributed by atoms with Gasteiger partial charge in [-0.3, -0.25) is 0 Å². The van der Waals surface area contributed by atoms with Crippen LogP contribution in [0.4, 0.5) is 0 Å². The molecule has 2 rings (SSSR count). The summed E-state index contributed by atoms with van der Waals surface area (Å²) in [5, 5.41) is 0. The first-order valence-corrected chi connectivity index (χ1v) is 5.57. The van der Waals surface area contributed by atoms with Gasteiger partial charge in [0, 0.05) is 11.5 Å². The van der Waals surface area contributed by atoms with Crippen LogP contribution in [-0.4, -0.2) is 25.3 Å². The van der Waals surface area contributed by atoms with Crippen molar-refractivity contribution in [2.24, 2.45) is 11.3 Å². The zero-order valence-corrected chi connectivity index (χ0v) is 9.20. The van der Waals surface area contributed by atoms with Crippen molar-refractivity contribution in [1.82, 2.24) is 0 Å². The summed E-state index contributed by atoms with van der Waals surface area (Å²) in [7, 11) is 0. The van der Waals surface area contributed by atoms with Crippen molar-refractivity contribution in [2.75, 3.05) is 13.2 Å². The molecule has 0 aromatic rings. The molecule has 1 saturated carbocycles. The molecule has 84 valence electrons. The normalized spacial score (nSPS) is 33.1. The lowest BCUT2D eigenvalue weighted by Crippen LogP contribution is -2.51. The third-order valence-corrected chi connectivity index (χ3v) is 3.85. The Balaban J connectivity index is 1.88. The van der Waals surface area contributed by atoms with Crippen molar-refractivity contribution in [3.05, 3.63) is 12.7 Å². The van der Waals surface area contributed by atoms with Crippen molar-refractivity contribution in [3.8, 4) is 0 Å². The number of esters is 1. The smallest absolute Gasteiger partial charge is 0.330 e. The Kier molecular flexibility index (Phi) is 2.83. The van der Waals surface area contributed by atoms with Gasteiger partial charge in [-0.15, -0.1) is 0 Å². The highest BCUT2D eigenvalue weighted by Crippen LogP contribution is 2.46. The molecule has 2 fully saturated rings. The van der Waals surface area contributed by atoms with Crippen LogP contribution in [0.1, 0.15) is 26.2 Å². The Morgan fingerprint density at radius 2 is 2.33 bits per heavy atom. The summed E-state index contributed by atoms with van der Waals surface area (Å²) in [5.74, 6) is 0.288. The minimum Gasteiger partial charge on any atom is -0.459 e. The number of carbonyl (C=O) groups is 1. The first-order valence-electron chi connectivity index (χ1n) is 5.57. The molecule has 3 nitrogen and oxygen atoms in total. The van der Waals surface area contributed by atoms with Crippen LogP contribution in [-0.2, 0) is 14.3 Å². The van der Waals surface area contributed by atoms with Gasteiger partial charge in [0.2, 0.25) is 0 Å². The van der Waals surface area contributed by atoms with Gasteiger partial charge in [0.25, 0.3) is 0 Å². The SMILES string of the molecule is C=CC(=O)OC1CCC2(COC2)C(C)C1. The lowest BCUT2D eigenvalue weighted by atomic mass is 9.65. The molecule has 0 aromatic heterocycles. The topological polar surface area (TPSA) is 35.5 Å². The van der Waals surface area contributed by atoms with Crippen molar-refractivity contribution in [3.63, 3.8) is 0 Å². The molecule has 0 aromatic carbocycles. The molecule has 1 heterocycles. The van der Waals surface area contributed by atoms with Gasteiger partial charge in [-0.25, -0.2) is 4.79 Å². The zero-order valence-electron chi connectivity index (χ0n) is 9.20. The van der Waals surface area contributed by atoms with Crippen LogP contribution in [0.3, 0.4) is 0 Å². The molecule has 1 aliphatic carbocycles. The lowest BCUT2D eigenvalue weighted by molar-refractivity contribution is -0.179. The van der Waals surface area contributed by atoms with E-state index in [4.69, 9.17) is 9.47 Å². The summed E-state index contributed by atoms with van der Waals surface area (Å²) in [6.07, 6.45) is 4.36. The van der Waals surface area contributed by atoms with E-state index < -0.39 is 0 Å². The predicted molar refractivity (Wildman–Crippen MR) is 56.3 cm³/mol. The quantitative estimate of drug-likeness (QED) is 0.516. The minimum atomic E-state index is -0.298. The summed E-state index contributed by atoms with van der Waals surface area (Å²) in [6, 6.07) is 0. The van der Waals surface area contributed by atoms with Gasteiger partial charge in [-0.1, -0.05) is 13.5 Å². The third kappa shape index (κ3) is 1.93. The second-order valence-corrected chi connectivity index (χ2v) is 4.79. The number of ether oxygens (including phenoxy) is 2. The predicted octanol–water partition coefficient (Wildman–Crippen LogP) is 1.92. The van der Waals surface area contributed by atoms with Crippen LogP contribution in [0.2, 0.25) is 0 Å². The van der Waals surface area contributed by atoms with E-state index in [2.05, 4.69) is 13.5 Å². The minimum absolute atomic E-state index is 0.0803. The second-order valence-electron chi connectivity index (χ2n) is 4.79. The van der Waals surface area contributed by atoms with Gasteiger partial charge in [0.1, 0.15) is 6.10 Å². The highest BCUT2D eigenvalue weighted by molar-refractivity contribution is 5.81. The second kappa shape index (κ2) is 3.97. The number of carbonyl (C=O) groups excluding carboxylic acids is 1. The first kappa shape index (κ1) is 10.7. The van der Waals surface area contributed by atoms with Gasteiger partial charge in [-0.05, 0) is 25.2 Å². The fourth-order valence-corrected chi connectivity index (χ4v) is 2.57. The van der Waals surface area contributed by atoms with Crippen LogP contribution in [0, 0.1) is 11.3 Å². The Morgan fingerprint density at radius 3 is 2.80 bits per heavy atom. The fourth-order valence-electron chi connectivity index (χ4n) is 2.57. The van der Waals surface area contributed by atoms with E-state index in [1.54, 1.807) is 0 Å². The molecule has 3 heteroatoms. The summed E-state index contributed by atoms with van der Waals surface area (Å²) >= 11 is 0. The van der Waals surface area contributed by atoms with E-state index in [0.29, 0.717) is 11.3 Å². The molecule has 2 unspecified atom stereocenters. The first-order chi connectivity index (χ1) is 7.16. The standard InChI is InChI=1S/C12H18O3/c1-3-11(13)15-10-4-5-12(7-14-8-12)9(2)6-10/h3,9-10H,1,4-8H2,2H3. The van der Waals surface area contributed by atoms with Crippen molar-refractivity contribution in [1.29, 1.82) is 0 Å². The summed E-state index contributed by atoms with van der Waals surface area (Å²) < 4.78 is 10.6. The Morgan fingerprint density at radius 1 is 1.60 bits per heavy atom. The van der Waals surface area contributed by atoms with E-state index in [-0.39, 0.29) is 12.1 Å². The van der Waals surface area contributed by atoms with Gasteiger partial charge >= 0.3 is 5.97 Å². The van der Waals surface area contributed by atoms with Gasteiger partial charge in [0.05, 0.1) is 13.2 Å². The molecule has 1 aliphatic heterocycles. The maximum Gasteiger partial charge on any atom is 0.330 e. The molecule has 0 radical (unpaired) electrons.